The summed E-state index contributed by atoms with van der Waals surface area (Å²) in [4.78, 5) is 13.6. The monoisotopic (exact) mass is 329 g/mol. The van der Waals surface area contributed by atoms with E-state index in [0.29, 0.717) is 29.2 Å². The van der Waals surface area contributed by atoms with Gasteiger partial charge < -0.3 is 9.84 Å². The molecule has 0 spiro atoms. The Morgan fingerprint density at radius 3 is 2.87 bits per heavy atom. The number of benzene rings is 1. The fraction of sp³-hybridized carbons (Fsp3) is 0.353. The molecule has 120 valence electrons. The van der Waals surface area contributed by atoms with E-state index in [0.717, 1.165) is 10.6 Å². The largest absolute Gasteiger partial charge is 0.360 e. The van der Waals surface area contributed by atoms with E-state index in [9.17, 15) is 4.79 Å². The van der Waals surface area contributed by atoms with Gasteiger partial charge in [-0.1, -0.05) is 31.1 Å². The topological polar surface area (TPSA) is 78.9 Å². The maximum atomic E-state index is 12.6. The molecule has 1 heterocycles. The molecule has 0 radical (unpaired) electrons. The SMILES string of the molecule is Cc1noc(C(C)C)c1C(=O)Nc1ccccc1SCCC#N. The van der Waals surface area contributed by atoms with Gasteiger partial charge in [0, 0.05) is 23.0 Å². The lowest BCUT2D eigenvalue weighted by atomic mass is 10.0. The Hall–Kier alpha value is -2.26. The second-order valence-electron chi connectivity index (χ2n) is 5.37. The fourth-order valence-corrected chi connectivity index (χ4v) is 3.01. The van der Waals surface area contributed by atoms with Gasteiger partial charge >= 0.3 is 0 Å². The highest BCUT2D eigenvalue weighted by Crippen LogP contribution is 2.29. The van der Waals surface area contributed by atoms with E-state index < -0.39 is 0 Å². The number of anilines is 1. The molecule has 1 aromatic heterocycles. The number of carbonyl (C=O) groups is 1. The van der Waals surface area contributed by atoms with Crippen LogP contribution in [0.1, 0.15) is 48.0 Å². The maximum Gasteiger partial charge on any atom is 0.261 e. The van der Waals surface area contributed by atoms with Gasteiger partial charge in [-0.05, 0) is 19.1 Å². The number of amides is 1. The molecule has 0 atom stereocenters. The number of thioether (sulfide) groups is 1. The van der Waals surface area contributed by atoms with Crippen LogP contribution in [-0.4, -0.2) is 16.8 Å². The molecule has 0 unspecified atom stereocenters. The third-order valence-corrected chi connectivity index (χ3v) is 4.32. The predicted octanol–water partition coefficient (Wildman–Crippen LogP) is 4.36. The second kappa shape index (κ2) is 7.84. The van der Waals surface area contributed by atoms with Crippen LogP contribution in [0.25, 0.3) is 0 Å². The van der Waals surface area contributed by atoms with Crippen LogP contribution in [0.3, 0.4) is 0 Å². The Kier molecular flexibility index (Phi) is 5.83. The number of aromatic nitrogens is 1. The number of nitrogens with zero attached hydrogens (tertiary/aromatic N) is 2. The molecule has 0 saturated carbocycles. The summed E-state index contributed by atoms with van der Waals surface area (Å²) in [7, 11) is 0. The van der Waals surface area contributed by atoms with Crippen LogP contribution in [-0.2, 0) is 0 Å². The zero-order valence-corrected chi connectivity index (χ0v) is 14.2. The number of aryl methyl sites for hydroxylation is 1. The van der Waals surface area contributed by atoms with E-state index >= 15 is 0 Å². The van der Waals surface area contributed by atoms with Gasteiger partial charge in [-0.2, -0.15) is 5.26 Å². The molecule has 5 nitrogen and oxygen atoms in total. The molecule has 1 aromatic carbocycles. The van der Waals surface area contributed by atoms with Crippen LogP contribution >= 0.6 is 11.8 Å². The molecule has 2 rings (SSSR count). The van der Waals surface area contributed by atoms with Crippen LogP contribution in [0.15, 0.2) is 33.7 Å². The predicted molar refractivity (Wildman–Crippen MR) is 90.7 cm³/mol. The lowest BCUT2D eigenvalue weighted by Gasteiger charge is -2.11. The summed E-state index contributed by atoms with van der Waals surface area (Å²) in [6.07, 6.45) is 0.467. The van der Waals surface area contributed by atoms with Crippen molar-refractivity contribution in [1.29, 1.82) is 5.26 Å². The third-order valence-electron chi connectivity index (χ3n) is 3.25. The van der Waals surface area contributed by atoms with Crippen molar-refractivity contribution < 1.29 is 9.32 Å². The van der Waals surface area contributed by atoms with Gasteiger partial charge in [-0.3, -0.25) is 4.79 Å². The first-order valence-corrected chi connectivity index (χ1v) is 8.39. The molecule has 1 amide bonds. The first kappa shape index (κ1) is 17.1. The van der Waals surface area contributed by atoms with E-state index in [1.807, 2.05) is 38.1 Å². The summed E-state index contributed by atoms with van der Waals surface area (Å²) >= 11 is 1.55. The van der Waals surface area contributed by atoms with Crippen molar-refractivity contribution in [2.24, 2.45) is 0 Å². The molecule has 0 aliphatic carbocycles. The van der Waals surface area contributed by atoms with Crippen molar-refractivity contribution in [2.45, 2.75) is 38.0 Å². The van der Waals surface area contributed by atoms with Gasteiger partial charge in [0.05, 0.1) is 17.5 Å². The number of nitriles is 1. The summed E-state index contributed by atoms with van der Waals surface area (Å²) in [5.41, 5.74) is 1.81. The number of hydrogen-bond acceptors (Lipinski definition) is 5. The van der Waals surface area contributed by atoms with Crippen LogP contribution in [0.4, 0.5) is 5.69 Å². The minimum Gasteiger partial charge on any atom is -0.360 e. The summed E-state index contributed by atoms with van der Waals surface area (Å²) in [6, 6.07) is 9.68. The Morgan fingerprint density at radius 1 is 1.43 bits per heavy atom. The molecule has 0 fully saturated rings. The number of carbonyl (C=O) groups excluding carboxylic acids is 1. The molecule has 0 aliphatic heterocycles. The van der Waals surface area contributed by atoms with Crippen LogP contribution in [0.2, 0.25) is 0 Å². The average molecular weight is 329 g/mol. The van der Waals surface area contributed by atoms with Gasteiger partial charge in [0.2, 0.25) is 0 Å². The van der Waals surface area contributed by atoms with Gasteiger partial charge in [0.15, 0.2) is 5.76 Å². The zero-order valence-electron chi connectivity index (χ0n) is 13.4. The second-order valence-corrected chi connectivity index (χ2v) is 6.51. The number of nitrogens with one attached hydrogen (secondary N) is 1. The van der Waals surface area contributed by atoms with Crippen molar-refractivity contribution in [1.82, 2.24) is 5.16 Å². The lowest BCUT2D eigenvalue weighted by molar-refractivity contribution is 0.102. The lowest BCUT2D eigenvalue weighted by Crippen LogP contribution is -2.15. The summed E-state index contributed by atoms with van der Waals surface area (Å²) in [5.74, 6) is 1.14. The average Bonchev–Trinajstić information content (AvgIpc) is 2.91. The van der Waals surface area contributed by atoms with Gasteiger partial charge in [0.1, 0.15) is 5.56 Å². The number of hydrogen-bond donors (Lipinski definition) is 1. The van der Waals surface area contributed by atoms with Crippen molar-refractivity contribution in [3.05, 3.63) is 41.3 Å². The quantitative estimate of drug-likeness (QED) is 0.629. The molecule has 0 saturated heterocycles. The molecule has 0 aliphatic rings. The number of rotatable bonds is 6. The summed E-state index contributed by atoms with van der Waals surface area (Å²) in [6.45, 7) is 5.68. The minimum absolute atomic E-state index is 0.0807. The van der Waals surface area contributed by atoms with E-state index in [-0.39, 0.29) is 11.8 Å². The first-order chi connectivity index (χ1) is 11.0. The van der Waals surface area contributed by atoms with E-state index in [1.54, 1.807) is 18.7 Å². The van der Waals surface area contributed by atoms with E-state index in [1.165, 1.54) is 0 Å². The van der Waals surface area contributed by atoms with Crippen molar-refractivity contribution in [3.8, 4) is 6.07 Å². The molecule has 23 heavy (non-hydrogen) atoms. The highest BCUT2D eigenvalue weighted by atomic mass is 32.2. The molecule has 1 N–H and O–H groups in total. The normalized spacial score (nSPS) is 10.6. The van der Waals surface area contributed by atoms with Crippen molar-refractivity contribution >= 4 is 23.4 Å². The Balaban J connectivity index is 2.21. The first-order valence-electron chi connectivity index (χ1n) is 7.41. The highest BCUT2D eigenvalue weighted by molar-refractivity contribution is 7.99. The standard InChI is InChI=1S/C17H19N3O2S/c1-11(2)16-15(12(3)20-22-16)17(21)19-13-7-4-5-8-14(13)23-10-6-9-18/h4-5,7-8,11H,6,10H2,1-3H3,(H,19,21). The van der Waals surface area contributed by atoms with Crippen molar-refractivity contribution in [3.63, 3.8) is 0 Å². The zero-order chi connectivity index (χ0) is 16.8. The smallest absolute Gasteiger partial charge is 0.261 e. The Bertz CT molecular complexity index is 732. The summed E-state index contributed by atoms with van der Waals surface area (Å²) in [5, 5.41) is 15.5. The molecular weight excluding hydrogens is 310 g/mol. The third kappa shape index (κ3) is 4.14. The molecule has 0 bridgehead atoms. The maximum absolute atomic E-state index is 12.6. The van der Waals surface area contributed by atoms with E-state index in [2.05, 4.69) is 16.5 Å². The van der Waals surface area contributed by atoms with Gasteiger partial charge in [-0.25, -0.2) is 0 Å². The van der Waals surface area contributed by atoms with Crippen LogP contribution in [0.5, 0.6) is 0 Å². The molecule has 6 heteroatoms. The molecule has 2 aromatic rings. The van der Waals surface area contributed by atoms with Gasteiger partial charge in [-0.15, -0.1) is 11.8 Å². The Morgan fingerprint density at radius 2 is 2.17 bits per heavy atom. The van der Waals surface area contributed by atoms with Crippen molar-refractivity contribution in [2.75, 3.05) is 11.1 Å². The number of para-hydroxylation sites is 1. The fourth-order valence-electron chi connectivity index (χ4n) is 2.14. The van der Waals surface area contributed by atoms with Crippen LogP contribution in [0, 0.1) is 18.3 Å². The van der Waals surface area contributed by atoms with E-state index in [4.69, 9.17) is 9.78 Å². The minimum atomic E-state index is -0.221. The summed E-state index contributed by atoms with van der Waals surface area (Å²) < 4.78 is 5.27. The molecular formula is C17H19N3O2S. The Labute approximate surface area is 140 Å². The highest BCUT2D eigenvalue weighted by Gasteiger charge is 2.23. The van der Waals surface area contributed by atoms with Gasteiger partial charge in [0.25, 0.3) is 5.91 Å². The van der Waals surface area contributed by atoms with Crippen LogP contribution < -0.4 is 5.32 Å².